The maximum absolute atomic E-state index is 8.93. The summed E-state index contributed by atoms with van der Waals surface area (Å²) in [6.45, 7) is -0.0506. The van der Waals surface area contributed by atoms with Gasteiger partial charge in [0.15, 0.2) is 0 Å². The SMILES string of the molecule is OCc1cnc(-n2cnc3ccccc32)nc1. The number of benzene rings is 1. The lowest BCUT2D eigenvalue weighted by atomic mass is 10.3. The fourth-order valence-corrected chi connectivity index (χ4v) is 1.67. The number of aliphatic hydroxyl groups excluding tert-OH is 1. The van der Waals surface area contributed by atoms with Crippen LogP contribution in [0.1, 0.15) is 5.56 Å². The highest BCUT2D eigenvalue weighted by molar-refractivity contribution is 5.76. The van der Waals surface area contributed by atoms with Crippen LogP contribution in [0.5, 0.6) is 0 Å². The second-order valence-electron chi connectivity index (χ2n) is 3.65. The van der Waals surface area contributed by atoms with E-state index in [-0.39, 0.29) is 6.61 Å². The second-order valence-corrected chi connectivity index (χ2v) is 3.65. The summed E-state index contributed by atoms with van der Waals surface area (Å²) in [5, 5.41) is 8.93. The van der Waals surface area contributed by atoms with Crippen molar-refractivity contribution in [3.8, 4) is 5.95 Å². The molecule has 0 atom stereocenters. The Bertz CT molecular complexity index is 645. The molecule has 3 aromatic rings. The van der Waals surface area contributed by atoms with E-state index >= 15 is 0 Å². The van der Waals surface area contributed by atoms with Crippen LogP contribution < -0.4 is 0 Å². The highest BCUT2D eigenvalue weighted by Crippen LogP contribution is 2.14. The lowest BCUT2D eigenvalue weighted by Gasteiger charge is -2.02. The van der Waals surface area contributed by atoms with Crippen LogP contribution in [0.15, 0.2) is 43.0 Å². The maximum atomic E-state index is 8.93. The van der Waals surface area contributed by atoms with Gasteiger partial charge in [-0.05, 0) is 12.1 Å². The lowest BCUT2D eigenvalue weighted by Crippen LogP contribution is -2.00. The molecule has 0 saturated carbocycles. The monoisotopic (exact) mass is 226 g/mol. The summed E-state index contributed by atoms with van der Waals surface area (Å²) in [4.78, 5) is 12.7. The molecule has 2 aromatic heterocycles. The van der Waals surface area contributed by atoms with Gasteiger partial charge < -0.3 is 5.11 Å². The van der Waals surface area contributed by atoms with Crippen molar-refractivity contribution >= 4 is 11.0 Å². The van der Waals surface area contributed by atoms with Crippen LogP contribution in [-0.2, 0) is 6.61 Å². The second kappa shape index (κ2) is 3.95. The van der Waals surface area contributed by atoms with Gasteiger partial charge in [0.1, 0.15) is 6.33 Å². The minimum absolute atomic E-state index is 0.0506. The third-order valence-corrected chi connectivity index (χ3v) is 2.54. The van der Waals surface area contributed by atoms with Gasteiger partial charge in [-0.1, -0.05) is 12.1 Å². The molecule has 3 rings (SSSR count). The van der Waals surface area contributed by atoms with Crippen molar-refractivity contribution in [1.29, 1.82) is 0 Å². The molecular formula is C12H10N4O. The number of hydrogen-bond acceptors (Lipinski definition) is 4. The molecule has 0 spiro atoms. The Morgan fingerprint density at radius 2 is 1.82 bits per heavy atom. The number of imidazole rings is 1. The number of para-hydroxylation sites is 2. The molecule has 0 amide bonds. The largest absolute Gasteiger partial charge is 0.392 e. The topological polar surface area (TPSA) is 63.8 Å². The fourth-order valence-electron chi connectivity index (χ4n) is 1.67. The molecule has 0 fully saturated rings. The van der Waals surface area contributed by atoms with Crippen LogP contribution in [0.2, 0.25) is 0 Å². The minimum atomic E-state index is -0.0506. The van der Waals surface area contributed by atoms with Crippen LogP contribution in [0.25, 0.3) is 17.0 Å². The van der Waals surface area contributed by atoms with Gasteiger partial charge >= 0.3 is 0 Å². The summed E-state index contributed by atoms with van der Waals surface area (Å²) >= 11 is 0. The standard InChI is InChI=1S/C12H10N4O/c17-7-9-5-13-12(14-6-9)16-8-15-10-3-1-2-4-11(10)16/h1-6,8,17H,7H2. The number of aliphatic hydroxyl groups is 1. The van der Waals surface area contributed by atoms with Crippen molar-refractivity contribution in [3.05, 3.63) is 48.5 Å². The van der Waals surface area contributed by atoms with Crippen molar-refractivity contribution < 1.29 is 5.11 Å². The molecule has 0 aliphatic rings. The average molecular weight is 226 g/mol. The van der Waals surface area contributed by atoms with E-state index in [2.05, 4.69) is 15.0 Å². The summed E-state index contributed by atoms with van der Waals surface area (Å²) in [6, 6.07) is 7.79. The number of rotatable bonds is 2. The third-order valence-electron chi connectivity index (χ3n) is 2.54. The van der Waals surface area contributed by atoms with Gasteiger partial charge in [0, 0.05) is 18.0 Å². The van der Waals surface area contributed by atoms with Crippen LogP contribution in [0.3, 0.4) is 0 Å². The molecule has 0 bridgehead atoms. The summed E-state index contributed by atoms with van der Waals surface area (Å²) in [5.41, 5.74) is 2.56. The Morgan fingerprint density at radius 3 is 2.59 bits per heavy atom. The lowest BCUT2D eigenvalue weighted by molar-refractivity contribution is 0.281. The van der Waals surface area contributed by atoms with E-state index in [1.807, 2.05) is 28.8 Å². The molecule has 2 heterocycles. The van der Waals surface area contributed by atoms with E-state index in [1.165, 1.54) is 0 Å². The van der Waals surface area contributed by atoms with E-state index in [9.17, 15) is 0 Å². The number of aromatic nitrogens is 4. The van der Waals surface area contributed by atoms with Crippen molar-refractivity contribution in [1.82, 2.24) is 19.5 Å². The molecule has 5 heteroatoms. The quantitative estimate of drug-likeness (QED) is 0.715. The predicted octanol–water partition coefficient (Wildman–Crippen LogP) is 1.31. The fraction of sp³-hybridized carbons (Fsp3) is 0.0833. The van der Waals surface area contributed by atoms with E-state index in [4.69, 9.17) is 5.11 Å². The van der Waals surface area contributed by atoms with Gasteiger partial charge in [-0.25, -0.2) is 15.0 Å². The normalized spacial score (nSPS) is 10.9. The minimum Gasteiger partial charge on any atom is -0.392 e. The zero-order chi connectivity index (χ0) is 11.7. The first-order valence-electron chi connectivity index (χ1n) is 5.23. The Labute approximate surface area is 97.4 Å². The maximum Gasteiger partial charge on any atom is 0.235 e. The first kappa shape index (κ1) is 9.92. The molecule has 0 radical (unpaired) electrons. The van der Waals surface area contributed by atoms with Crippen LogP contribution in [-0.4, -0.2) is 24.6 Å². The summed E-state index contributed by atoms with van der Waals surface area (Å²) in [7, 11) is 0. The van der Waals surface area contributed by atoms with Crippen LogP contribution in [0.4, 0.5) is 0 Å². The van der Waals surface area contributed by atoms with E-state index in [0.717, 1.165) is 11.0 Å². The van der Waals surface area contributed by atoms with Gasteiger partial charge in [-0.2, -0.15) is 0 Å². The van der Waals surface area contributed by atoms with Crippen LogP contribution in [0, 0.1) is 0 Å². The van der Waals surface area contributed by atoms with Crippen molar-refractivity contribution in [3.63, 3.8) is 0 Å². The molecule has 84 valence electrons. The van der Waals surface area contributed by atoms with Gasteiger partial charge in [-0.3, -0.25) is 4.57 Å². The summed E-state index contributed by atoms with van der Waals surface area (Å²) in [6.07, 6.45) is 4.91. The molecule has 0 unspecified atom stereocenters. The Kier molecular flexibility index (Phi) is 2.31. The highest BCUT2D eigenvalue weighted by atomic mass is 16.3. The Balaban J connectivity index is 2.13. The predicted molar refractivity (Wildman–Crippen MR) is 62.6 cm³/mol. The number of fused-ring (bicyclic) bond motifs is 1. The average Bonchev–Trinajstić information content (AvgIpc) is 2.83. The molecule has 17 heavy (non-hydrogen) atoms. The van der Waals surface area contributed by atoms with Crippen molar-refractivity contribution in [2.24, 2.45) is 0 Å². The number of hydrogen-bond donors (Lipinski definition) is 1. The zero-order valence-electron chi connectivity index (χ0n) is 8.98. The summed E-state index contributed by atoms with van der Waals surface area (Å²) < 4.78 is 1.82. The molecule has 5 nitrogen and oxygen atoms in total. The van der Waals surface area contributed by atoms with Crippen molar-refractivity contribution in [2.45, 2.75) is 6.61 Å². The van der Waals surface area contributed by atoms with E-state index < -0.39 is 0 Å². The summed E-state index contributed by atoms with van der Waals surface area (Å²) in [5.74, 6) is 0.552. The molecule has 0 aliphatic carbocycles. The Hall–Kier alpha value is -2.27. The van der Waals surface area contributed by atoms with E-state index in [1.54, 1.807) is 18.7 Å². The zero-order valence-corrected chi connectivity index (χ0v) is 8.98. The van der Waals surface area contributed by atoms with Crippen molar-refractivity contribution in [2.75, 3.05) is 0 Å². The Morgan fingerprint density at radius 1 is 1.06 bits per heavy atom. The first-order valence-corrected chi connectivity index (χ1v) is 5.23. The van der Waals surface area contributed by atoms with Gasteiger partial charge in [-0.15, -0.1) is 0 Å². The van der Waals surface area contributed by atoms with Crippen LogP contribution >= 0.6 is 0 Å². The first-order chi connectivity index (χ1) is 8.38. The van der Waals surface area contributed by atoms with Gasteiger partial charge in [0.25, 0.3) is 0 Å². The number of nitrogens with zero attached hydrogens (tertiary/aromatic N) is 4. The molecule has 0 aliphatic heterocycles. The molecule has 0 saturated heterocycles. The highest BCUT2D eigenvalue weighted by Gasteiger charge is 2.05. The molecule has 1 aromatic carbocycles. The van der Waals surface area contributed by atoms with Gasteiger partial charge in [0.05, 0.1) is 17.6 Å². The van der Waals surface area contributed by atoms with Gasteiger partial charge in [0.2, 0.25) is 5.95 Å². The smallest absolute Gasteiger partial charge is 0.235 e. The van der Waals surface area contributed by atoms with E-state index in [0.29, 0.717) is 11.5 Å². The third kappa shape index (κ3) is 1.66. The molecule has 1 N–H and O–H groups in total. The molecular weight excluding hydrogens is 216 g/mol.